The van der Waals surface area contributed by atoms with Crippen LogP contribution in [0.4, 0.5) is 4.39 Å². The van der Waals surface area contributed by atoms with E-state index in [1.807, 2.05) is 6.92 Å². The number of aliphatic hydroxyl groups is 1. The van der Waals surface area contributed by atoms with Crippen molar-refractivity contribution >= 4 is 23.6 Å². The van der Waals surface area contributed by atoms with Crippen LogP contribution >= 0.6 is 11.6 Å². The third-order valence-corrected chi connectivity index (χ3v) is 3.71. The molecule has 0 saturated carbocycles. The summed E-state index contributed by atoms with van der Waals surface area (Å²) < 4.78 is 19.0. The Morgan fingerprint density at radius 2 is 2.38 bits per heavy atom. The molecule has 1 N–H and O–H groups in total. The summed E-state index contributed by atoms with van der Waals surface area (Å²) in [5.41, 5.74) is 0.187. The van der Waals surface area contributed by atoms with Crippen molar-refractivity contribution < 1.29 is 19.0 Å². The van der Waals surface area contributed by atoms with Crippen LogP contribution in [0.2, 0.25) is 5.02 Å². The van der Waals surface area contributed by atoms with Crippen LogP contribution in [-0.2, 0) is 9.53 Å². The monoisotopic (exact) mass is 313 g/mol. The zero-order valence-electron chi connectivity index (χ0n) is 11.6. The molecule has 0 radical (unpaired) electrons. The molecule has 1 heterocycles. The van der Waals surface area contributed by atoms with Crippen molar-refractivity contribution in [1.82, 2.24) is 4.90 Å². The molecule has 1 saturated heterocycles. The Kier molecular flexibility index (Phi) is 5.33. The number of halogens is 2. The Balaban J connectivity index is 2.11. The number of aliphatic hydroxyl groups excluding tert-OH is 1. The Bertz CT molecular complexity index is 529. The van der Waals surface area contributed by atoms with Gasteiger partial charge in [-0.05, 0) is 25.1 Å². The van der Waals surface area contributed by atoms with E-state index in [0.717, 1.165) is 0 Å². The average molecular weight is 314 g/mol. The number of ether oxygens (including phenoxy) is 1. The Morgan fingerprint density at radius 1 is 1.62 bits per heavy atom. The molecular weight excluding hydrogens is 297 g/mol. The molecule has 6 heteroatoms. The summed E-state index contributed by atoms with van der Waals surface area (Å²) in [6.07, 6.45) is 2.28. The standard InChI is InChI=1S/C15H17ClFNO3/c1-10-9-21-11(8-19)7-18(10)15(20)6-5-12-13(16)3-2-4-14(12)17/h2-6,10-11,19H,7-9H2,1H3/b6-5+. The lowest BCUT2D eigenvalue weighted by atomic mass is 10.1. The van der Waals surface area contributed by atoms with E-state index in [2.05, 4.69) is 0 Å². The Morgan fingerprint density at radius 3 is 3.05 bits per heavy atom. The van der Waals surface area contributed by atoms with Gasteiger partial charge in [0.1, 0.15) is 5.82 Å². The summed E-state index contributed by atoms with van der Waals surface area (Å²) >= 11 is 5.90. The summed E-state index contributed by atoms with van der Waals surface area (Å²) in [7, 11) is 0. The first-order chi connectivity index (χ1) is 10.0. The van der Waals surface area contributed by atoms with Crippen molar-refractivity contribution in [1.29, 1.82) is 0 Å². The molecule has 0 spiro atoms. The highest BCUT2D eigenvalue weighted by Crippen LogP contribution is 2.21. The van der Waals surface area contributed by atoms with E-state index >= 15 is 0 Å². The first-order valence-electron chi connectivity index (χ1n) is 6.68. The molecular formula is C15H17ClFNO3. The van der Waals surface area contributed by atoms with Crippen molar-refractivity contribution in [2.24, 2.45) is 0 Å². The highest BCUT2D eigenvalue weighted by molar-refractivity contribution is 6.32. The lowest BCUT2D eigenvalue weighted by molar-refractivity contribution is -0.140. The van der Waals surface area contributed by atoms with E-state index in [9.17, 15) is 9.18 Å². The van der Waals surface area contributed by atoms with Crippen LogP contribution in [0.1, 0.15) is 12.5 Å². The van der Waals surface area contributed by atoms with E-state index in [-0.39, 0.29) is 35.2 Å². The number of hydrogen-bond acceptors (Lipinski definition) is 3. The molecule has 0 bridgehead atoms. The molecule has 2 rings (SSSR count). The van der Waals surface area contributed by atoms with Crippen LogP contribution in [0.5, 0.6) is 0 Å². The normalized spacial score (nSPS) is 22.8. The summed E-state index contributed by atoms with van der Waals surface area (Å²) in [6.45, 7) is 2.39. The van der Waals surface area contributed by atoms with Crippen molar-refractivity contribution in [3.63, 3.8) is 0 Å². The van der Waals surface area contributed by atoms with Gasteiger partial charge in [0.05, 0.1) is 30.4 Å². The molecule has 1 aliphatic rings. The maximum absolute atomic E-state index is 13.6. The number of benzene rings is 1. The highest BCUT2D eigenvalue weighted by atomic mass is 35.5. The van der Waals surface area contributed by atoms with Crippen LogP contribution < -0.4 is 0 Å². The minimum Gasteiger partial charge on any atom is -0.394 e. The van der Waals surface area contributed by atoms with Crippen LogP contribution in [0.3, 0.4) is 0 Å². The van der Waals surface area contributed by atoms with Gasteiger partial charge >= 0.3 is 0 Å². The fraction of sp³-hybridized carbons (Fsp3) is 0.400. The number of morpholine rings is 1. The molecule has 2 atom stereocenters. The Hall–Kier alpha value is -1.43. The number of carbonyl (C=O) groups excluding carboxylic acids is 1. The molecule has 0 aliphatic carbocycles. The molecule has 1 aliphatic heterocycles. The summed E-state index contributed by atoms with van der Waals surface area (Å²) in [6, 6.07) is 4.26. The molecule has 114 valence electrons. The van der Waals surface area contributed by atoms with Gasteiger partial charge in [-0.25, -0.2) is 4.39 Å². The number of hydrogen-bond donors (Lipinski definition) is 1. The second-order valence-corrected chi connectivity index (χ2v) is 5.35. The summed E-state index contributed by atoms with van der Waals surface area (Å²) in [5, 5.41) is 9.36. The van der Waals surface area contributed by atoms with Gasteiger partial charge in [-0.2, -0.15) is 0 Å². The molecule has 0 aromatic heterocycles. The van der Waals surface area contributed by atoms with E-state index in [1.54, 1.807) is 11.0 Å². The lowest BCUT2D eigenvalue weighted by Gasteiger charge is -2.36. The highest BCUT2D eigenvalue weighted by Gasteiger charge is 2.28. The van der Waals surface area contributed by atoms with Crippen molar-refractivity contribution in [2.75, 3.05) is 19.8 Å². The van der Waals surface area contributed by atoms with E-state index in [4.69, 9.17) is 21.4 Å². The fourth-order valence-electron chi connectivity index (χ4n) is 2.16. The molecule has 4 nitrogen and oxygen atoms in total. The number of amides is 1. The Labute approximate surface area is 127 Å². The lowest BCUT2D eigenvalue weighted by Crippen LogP contribution is -2.51. The number of carbonyl (C=O) groups is 1. The van der Waals surface area contributed by atoms with Crippen molar-refractivity contribution in [2.45, 2.75) is 19.1 Å². The third-order valence-electron chi connectivity index (χ3n) is 3.38. The second kappa shape index (κ2) is 7.02. The maximum Gasteiger partial charge on any atom is 0.246 e. The van der Waals surface area contributed by atoms with E-state index in [0.29, 0.717) is 13.2 Å². The summed E-state index contributed by atoms with van der Waals surface area (Å²) in [4.78, 5) is 13.8. The molecule has 1 fully saturated rings. The summed E-state index contributed by atoms with van der Waals surface area (Å²) in [5.74, 6) is -0.738. The zero-order valence-corrected chi connectivity index (χ0v) is 12.4. The maximum atomic E-state index is 13.6. The molecule has 1 amide bonds. The van der Waals surface area contributed by atoms with Crippen LogP contribution in [0.15, 0.2) is 24.3 Å². The van der Waals surface area contributed by atoms with E-state index in [1.165, 1.54) is 24.3 Å². The zero-order chi connectivity index (χ0) is 15.4. The first kappa shape index (κ1) is 15.9. The van der Waals surface area contributed by atoms with Gasteiger partial charge in [-0.15, -0.1) is 0 Å². The van der Waals surface area contributed by atoms with Gasteiger partial charge < -0.3 is 14.7 Å². The third kappa shape index (κ3) is 3.81. The van der Waals surface area contributed by atoms with Gasteiger partial charge in [-0.1, -0.05) is 17.7 Å². The van der Waals surface area contributed by atoms with Crippen molar-refractivity contribution in [3.05, 3.63) is 40.7 Å². The predicted octanol–water partition coefficient (Wildman–Crippen LogP) is 2.10. The molecule has 21 heavy (non-hydrogen) atoms. The topological polar surface area (TPSA) is 49.8 Å². The first-order valence-corrected chi connectivity index (χ1v) is 7.06. The van der Waals surface area contributed by atoms with Gasteiger partial charge in [0.15, 0.2) is 0 Å². The quantitative estimate of drug-likeness (QED) is 0.870. The van der Waals surface area contributed by atoms with E-state index < -0.39 is 5.82 Å². The van der Waals surface area contributed by atoms with Gasteiger partial charge in [-0.3, -0.25) is 4.79 Å². The smallest absolute Gasteiger partial charge is 0.246 e. The second-order valence-electron chi connectivity index (χ2n) is 4.95. The minimum absolute atomic E-state index is 0.0963. The van der Waals surface area contributed by atoms with Crippen LogP contribution in [-0.4, -0.2) is 47.8 Å². The average Bonchev–Trinajstić information content (AvgIpc) is 2.47. The largest absolute Gasteiger partial charge is 0.394 e. The fourth-order valence-corrected chi connectivity index (χ4v) is 2.38. The van der Waals surface area contributed by atoms with Gasteiger partial charge in [0.2, 0.25) is 5.91 Å². The van der Waals surface area contributed by atoms with Gasteiger partial charge in [0.25, 0.3) is 0 Å². The van der Waals surface area contributed by atoms with Crippen LogP contribution in [0, 0.1) is 5.82 Å². The molecule has 1 aromatic rings. The SMILES string of the molecule is CC1COC(CO)CN1C(=O)/C=C/c1c(F)cccc1Cl. The number of rotatable bonds is 3. The molecule has 1 aromatic carbocycles. The van der Waals surface area contributed by atoms with Crippen LogP contribution in [0.25, 0.3) is 6.08 Å². The minimum atomic E-state index is -0.477. The van der Waals surface area contributed by atoms with Gasteiger partial charge in [0, 0.05) is 18.2 Å². The molecule has 2 unspecified atom stereocenters. The van der Waals surface area contributed by atoms with Crippen molar-refractivity contribution in [3.8, 4) is 0 Å². The number of nitrogens with zero attached hydrogens (tertiary/aromatic N) is 1. The predicted molar refractivity (Wildman–Crippen MR) is 78.4 cm³/mol.